The molecule has 7 heteroatoms. The first-order valence-corrected chi connectivity index (χ1v) is 7.95. The first-order valence-electron chi connectivity index (χ1n) is 7.95. The summed E-state index contributed by atoms with van der Waals surface area (Å²) in [5.74, 6) is 0.667. The van der Waals surface area contributed by atoms with Crippen molar-refractivity contribution in [3.05, 3.63) is 33.8 Å². The molecule has 3 aliphatic rings. The summed E-state index contributed by atoms with van der Waals surface area (Å²) < 4.78 is 3.46. The van der Waals surface area contributed by atoms with Crippen LogP contribution in [0.15, 0.2) is 33.2 Å². The van der Waals surface area contributed by atoms with Gasteiger partial charge in [0.05, 0.1) is 17.1 Å². The minimum atomic E-state index is -0.136. The van der Waals surface area contributed by atoms with Gasteiger partial charge in [0.1, 0.15) is 0 Å². The maximum absolute atomic E-state index is 12.5. The lowest BCUT2D eigenvalue weighted by atomic mass is 9.90. The van der Waals surface area contributed by atoms with Crippen LogP contribution in [-0.2, 0) is 13.1 Å². The van der Waals surface area contributed by atoms with E-state index in [9.17, 15) is 4.79 Å². The fraction of sp³-hybridized carbons (Fsp3) is 0.438. The predicted molar refractivity (Wildman–Crippen MR) is 90.5 cm³/mol. The Balaban J connectivity index is 1.84. The number of hydrogen-bond acceptors (Lipinski definition) is 5. The number of allylic oxidation sites excluding steroid dienone is 2. The van der Waals surface area contributed by atoms with Gasteiger partial charge in [0, 0.05) is 30.6 Å². The maximum Gasteiger partial charge on any atom is 0.294 e. The molecule has 4 N–H and O–H groups in total. The quantitative estimate of drug-likeness (QED) is 0.679. The fourth-order valence-electron chi connectivity index (χ4n) is 3.58. The number of nitrogens with one attached hydrogen (secondary N) is 2. The van der Waals surface area contributed by atoms with Crippen molar-refractivity contribution in [1.29, 1.82) is 5.41 Å². The molecule has 120 valence electrons. The molecule has 2 atom stereocenters. The van der Waals surface area contributed by atoms with Crippen molar-refractivity contribution in [3.8, 4) is 0 Å². The molecule has 0 radical (unpaired) electrons. The Hall–Kier alpha value is -2.57. The van der Waals surface area contributed by atoms with Crippen LogP contribution in [0.3, 0.4) is 0 Å². The minimum Gasteiger partial charge on any atom is -0.382 e. The molecular weight excluding hydrogens is 292 g/mol. The molecule has 1 aliphatic carbocycles. The standard InChI is InChI=1S/C16H20N6O/c1-8-9(2)19-13-11(5-4-10(17)12(8)13)20-14-15(18)21-6-3-7-22(21)16(14)23/h4-5,8-9,17,19H,3,6-7,18H2,1-2H3. The van der Waals surface area contributed by atoms with Crippen molar-refractivity contribution >= 4 is 22.9 Å². The summed E-state index contributed by atoms with van der Waals surface area (Å²) in [4.78, 5) is 17.1. The number of nitrogens with zero attached hydrogens (tertiary/aromatic N) is 3. The average Bonchev–Trinajstić information content (AvgIpc) is 3.17. The van der Waals surface area contributed by atoms with Crippen LogP contribution in [0.25, 0.3) is 0 Å². The summed E-state index contributed by atoms with van der Waals surface area (Å²) in [5, 5.41) is 11.5. The van der Waals surface area contributed by atoms with Crippen LogP contribution in [0, 0.1) is 11.3 Å². The smallest absolute Gasteiger partial charge is 0.294 e. The largest absolute Gasteiger partial charge is 0.382 e. The Morgan fingerprint density at radius 3 is 2.78 bits per heavy atom. The van der Waals surface area contributed by atoms with E-state index in [4.69, 9.17) is 11.1 Å². The Labute approximate surface area is 133 Å². The van der Waals surface area contributed by atoms with Crippen molar-refractivity contribution in [2.75, 3.05) is 5.73 Å². The van der Waals surface area contributed by atoms with E-state index in [0.717, 1.165) is 24.2 Å². The van der Waals surface area contributed by atoms with Gasteiger partial charge < -0.3 is 16.5 Å². The van der Waals surface area contributed by atoms with E-state index in [1.54, 1.807) is 21.5 Å². The first kappa shape index (κ1) is 14.0. The third kappa shape index (κ3) is 1.85. The second kappa shape index (κ2) is 4.71. The highest BCUT2D eigenvalue weighted by molar-refractivity contribution is 6.24. The molecule has 0 bridgehead atoms. The number of aliphatic imine (C=N–C) groups is 1. The van der Waals surface area contributed by atoms with Gasteiger partial charge in [-0.1, -0.05) is 6.92 Å². The zero-order valence-corrected chi connectivity index (χ0v) is 13.3. The van der Waals surface area contributed by atoms with Gasteiger partial charge in [0.2, 0.25) is 0 Å². The van der Waals surface area contributed by atoms with Gasteiger partial charge in [-0.25, -0.2) is 9.67 Å². The Kier molecular flexibility index (Phi) is 2.88. The van der Waals surface area contributed by atoms with Crippen LogP contribution < -0.4 is 16.6 Å². The Morgan fingerprint density at radius 2 is 2.04 bits per heavy atom. The number of nitrogen functional groups attached to an aromatic ring is 1. The van der Waals surface area contributed by atoms with Gasteiger partial charge in [-0.15, -0.1) is 0 Å². The number of rotatable bonds is 1. The van der Waals surface area contributed by atoms with E-state index >= 15 is 0 Å². The number of fused-ring (bicyclic) bond motifs is 1. The van der Waals surface area contributed by atoms with Crippen LogP contribution in [0.5, 0.6) is 0 Å². The monoisotopic (exact) mass is 312 g/mol. The zero-order valence-electron chi connectivity index (χ0n) is 13.3. The van der Waals surface area contributed by atoms with E-state index in [-0.39, 0.29) is 17.5 Å². The van der Waals surface area contributed by atoms with E-state index in [0.29, 0.717) is 29.5 Å². The zero-order chi connectivity index (χ0) is 16.3. The van der Waals surface area contributed by atoms with E-state index in [1.165, 1.54) is 0 Å². The molecule has 0 fully saturated rings. The molecule has 1 aromatic rings. The first-order chi connectivity index (χ1) is 11.0. The lowest BCUT2D eigenvalue weighted by Gasteiger charge is -2.14. The molecule has 0 saturated heterocycles. The molecule has 0 aromatic carbocycles. The third-order valence-electron chi connectivity index (χ3n) is 5.02. The van der Waals surface area contributed by atoms with Crippen molar-refractivity contribution in [2.45, 2.75) is 39.4 Å². The second-order valence-electron chi connectivity index (χ2n) is 6.39. The number of aromatic nitrogens is 2. The van der Waals surface area contributed by atoms with Crippen molar-refractivity contribution in [2.24, 2.45) is 10.9 Å². The lowest BCUT2D eigenvalue weighted by molar-refractivity contribution is 0.546. The van der Waals surface area contributed by atoms with Crippen LogP contribution >= 0.6 is 0 Å². The molecule has 7 nitrogen and oxygen atoms in total. The van der Waals surface area contributed by atoms with Crippen LogP contribution in [0.4, 0.5) is 11.5 Å². The predicted octanol–water partition coefficient (Wildman–Crippen LogP) is 1.18. The van der Waals surface area contributed by atoms with E-state index in [2.05, 4.69) is 24.2 Å². The van der Waals surface area contributed by atoms with E-state index in [1.807, 2.05) is 0 Å². The minimum absolute atomic E-state index is 0.136. The maximum atomic E-state index is 12.5. The van der Waals surface area contributed by atoms with Gasteiger partial charge in [0.15, 0.2) is 11.5 Å². The average molecular weight is 312 g/mol. The topological polar surface area (TPSA) is 101 Å². The van der Waals surface area contributed by atoms with Gasteiger partial charge in [-0.3, -0.25) is 9.48 Å². The lowest BCUT2D eigenvalue weighted by Crippen LogP contribution is -2.25. The van der Waals surface area contributed by atoms with Crippen LogP contribution in [-0.4, -0.2) is 26.8 Å². The summed E-state index contributed by atoms with van der Waals surface area (Å²) >= 11 is 0. The summed E-state index contributed by atoms with van der Waals surface area (Å²) in [7, 11) is 0. The third-order valence-corrected chi connectivity index (χ3v) is 5.02. The van der Waals surface area contributed by atoms with Gasteiger partial charge in [-0.2, -0.15) is 0 Å². The molecule has 0 amide bonds. The van der Waals surface area contributed by atoms with Crippen molar-refractivity contribution in [1.82, 2.24) is 14.7 Å². The number of hydrogen-bond donors (Lipinski definition) is 3. The summed E-state index contributed by atoms with van der Waals surface area (Å²) in [6, 6.07) is 0.239. The number of nitrogens with two attached hydrogens (primary N) is 1. The van der Waals surface area contributed by atoms with Gasteiger partial charge in [0.25, 0.3) is 5.56 Å². The van der Waals surface area contributed by atoms with E-state index < -0.39 is 0 Å². The number of anilines is 1. The fourth-order valence-corrected chi connectivity index (χ4v) is 3.58. The highest BCUT2D eigenvalue weighted by Gasteiger charge is 2.34. The molecule has 23 heavy (non-hydrogen) atoms. The van der Waals surface area contributed by atoms with Gasteiger partial charge in [-0.05, 0) is 25.5 Å². The molecular formula is C16H20N6O. The Bertz CT molecular complexity index is 866. The summed E-state index contributed by atoms with van der Waals surface area (Å²) in [6.07, 6.45) is 4.45. The second-order valence-corrected chi connectivity index (χ2v) is 6.39. The summed E-state index contributed by atoms with van der Waals surface area (Å²) in [6.45, 7) is 5.63. The molecule has 1 aromatic heterocycles. The highest BCUT2D eigenvalue weighted by Crippen LogP contribution is 2.32. The van der Waals surface area contributed by atoms with Gasteiger partial charge >= 0.3 is 0 Å². The molecule has 0 saturated carbocycles. The van der Waals surface area contributed by atoms with Crippen LogP contribution in [0.1, 0.15) is 20.3 Å². The Morgan fingerprint density at radius 1 is 1.30 bits per heavy atom. The SMILES string of the molecule is CC1NC2=C(C(=N)C=CC2=Nc2c(N)n3n(c2=O)CCC3)C1C. The molecule has 2 unspecified atom stereocenters. The highest BCUT2D eigenvalue weighted by atomic mass is 16.1. The molecule has 3 heterocycles. The normalized spacial score (nSPS) is 27.6. The molecule has 4 rings (SSSR count). The molecule has 0 spiro atoms. The van der Waals surface area contributed by atoms with Crippen molar-refractivity contribution in [3.63, 3.8) is 0 Å². The summed E-state index contributed by atoms with van der Waals surface area (Å²) in [5.41, 5.74) is 9.30. The van der Waals surface area contributed by atoms with Crippen LogP contribution in [0.2, 0.25) is 0 Å². The van der Waals surface area contributed by atoms with Crippen molar-refractivity contribution < 1.29 is 0 Å². The molecule has 2 aliphatic heterocycles.